The second-order valence-electron chi connectivity index (χ2n) is 7.08. The number of likely N-dealkylation sites (N-methyl/N-ethyl adjacent to an activating group) is 1. The Kier molecular flexibility index (Phi) is 5.44. The van der Waals surface area contributed by atoms with Crippen LogP contribution in [0.4, 0.5) is 10.1 Å². The minimum atomic E-state index is -0.856. The van der Waals surface area contributed by atoms with Crippen LogP contribution in [0.25, 0.3) is 0 Å². The first-order chi connectivity index (χ1) is 12.9. The third-order valence-electron chi connectivity index (χ3n) is 4.95. The van der Waals surface area contributed by atoms with Gasteiger partial charge < -0.3 is 15.1 Å². The largest absolute Gasteiger partial charge is 0.371 e. The van der Waals surface area contributed by atoms with Crippen molar-refractivity contribution in [2.45, 2.75) is 18.4 Å². The van der Waals surface area contributed by atoms with Gasteiger partial charge >= 0.3 is 0 Å². The summed E-state index contributed by atoms with van der Waals surface area (Å²) in [6.07, 6.45) is 0.915. The molecule has 0 radical (unpaired) electrons. The van der Waals surface area contributed by atoms with E-state index in [0.29, 0.717) is 37.2 Å². The van der Waals surface area contributed by atoms with Gasteiger partial charge in [0, 0.05) is 38.4 Å². The summed E-state index contributed by atoms with van der Waals surface area (Å²) in [5, 5.41) is 3.25. The fraction of sp³-hybridized carbons (Fsp3) is 0.333. The van der Waals surface area contributed by atoms with Crippen LogP contribution in [0.1, 0.15) is 23.2 Å². The number of hydrogen-bond donors (Lipinski definition) is 1. The molecule has 1 heterocycles. The van der Waals surface area contributed by atoms with Crippen molar-refractivity contribution < 1.29 is 14.0 Å². The number of carbonyl (C=O) groups is 2. The molecule has 0 bridgehead atoms. The van der Waals surface area contributed by atoms with E-state index in [-0.39, 0.29) is 17.6 Å². The van der Waals surface area contributed by atoms with Gasteiger partial charge in [-0.15, -0.1) is 0 Å². The van der Waals surface area contributed by atoms with Crippen molar-refractivity contribution in [2.24, 2.45) is 0 Å². The quantitative estimate of drug-likeness (QED) is 0.901. The molecule has 0 aromatic heterocycles. The first kappa shape index (κ1) is 18.9. The number of likely N-dealkylation sites (tertiary alicyclic amines) is 1. The van der Waals surface area contributed by atoms with E-state index in [2.05, 4.69) is 5.32 Å². The fourth-order valence-corrected chi connectivity index (χ4v) is 3.52. The second kappa shape index (κ2) is 7.78. The molecule has 1 aliphatic heterocycles. The first-order valence-corrected chi connectivity index (χ1v) is 9.01. The third kappa shape index (κ3) is 4.10. The van der Waals surface area contributed by atoms with Crippen molar-refractivity contribution in [1.82, 2.24) is 9.80 Å². The van der Waals surface area contributed by atoms with Gasteiger partial charge in [-0.25, -0.2) is 4.39 Å². The van der Waals surface area contributed by atoms with Gasteiger partial charge in [0.05, 0.1) is 0 Å². The molecule has 5 nitrogen and oxygen atoms in total. The molecule has 6 heteroatoms. The smallest absolute Gasteiger partial charge is 0.253 e. The summed E-state index contributed by atoms with van der Waals surface area (Å²) >= 11 is 0. The summed E-state index contributed by atoms with van der Waals surface area (Å²) < 4.78 is 13.6. The Labute approximate surface area is 158 Å². The monoisotopic (exact) mass is 369 g/mol. The van der Waals surface area contributed by atoms with E-state index in [0.717, 1.165) is 0 Å². The number of hydrogen-bond acceptors (Lipinski definition) is 3. The maximum atomic E-state index is 13.6. The maximum Gasteiger partial charge on any atom is 0.253 e. The standard InChI is InChI=1S/C21H24FN3O2/c1-24(2)20(27)21(23-18-10-6-9-17(22)15-18)11-13-25(14-12-21)19(26)16-7-4-3-5-8-16/h3-10,15,23H,11-14H2,1-2H3. The lowest BCUT2D eigenvalue weighted by Crippen LogP contribution is -2.58. The van der Waals surface area contributed by atoms with E-state index in [1.807, 2.05) is 18.2 Å². The highest BCUT2D eigenvalue weighted by atomic mass is 19.1. The van der Waals surface area contributed by atoms with E-state index < -0.39 is 5.54 Å². The van der Waals surface area contributed by atoms with E-state index >= 15 is 0 Å². The van der Waals surface area contributed by atoms with Crippen LogP contribution in [0.2, 0.25) is 0 Å². The lowest BCUT2D eigenvalue weighted by Gasteiger charge is -2.43. The molecule has 0 saturated carbocycles. The van der Waals surface area contributed by atoms with Crippen molar-refractivity contribution in [1.29, 1.82) is 0 Å². The van der Waals surface area contributed by atoms with Gasteiger partial charge in [-0.1, -0.05) is 24.3 Å². The molecule has 1 saturated heterocycles. The first-order valence-electron chi connectivity index (χ1n) is 9.01. The number of nitrogens with zero attached hydrogens (tertiary/aromatic N) is 2. The van der Waals surface area contributed by atoms with Crippen LogP contribution in [0.5, 0.6) is 0 Å². The van der Waals surface area contributed by atoms with Crippen molar-refractivity contribution >= 4 is 17.5 Å². The van der Waals surface area contributed by atoms with E-state index in [9.17, 15) is 14.0 Å². The summed E-state index contributed by atoms with van der Waals surface area (Å²) in [5.74, 6) is -0.463. The highest BCUT2D eigenvalue weighted by molar-refractivity contribution is 5.95. The Hall–Kier alpha value is -2.89. The van der Waals surface area contributed by atoms with Gasteiger partial charge in [0.25, 0.3) is 5.91 Å². The molecule has 27 heavy (non-hydrogen) atoms. The number of amides is 2. The Balaban J connectivity index is 1.78. The average molecular weight is 369 g/mol. The van der Waals surface area contributed by atoms with Gasteiger partial charge in [0.1, 0.15) is 11.4 Å². The maximum absolute atomic E-state index is 13.6. The molecule has 1 N–H and O–H groups in total. The van der Waals surface area contributed by atoms with Crippen LogP contribution in [0, 0.1) is 5.82 Å². The summed E-state index contributed by atoms with van der Waals surface area (Å²) in [6.45, 7) is 0.908. The zero-order chi connectivity index (χ0) is 19.4. The normalized spacial score (nSPS) is 15.9. The number of anilines is 1. The topological polar surface area (TPSA) is 52.7 Å². The molecule has 2 amide bonds. The summed E-state index contributed by atoms with van der Waals surface area (Å²) in [4.78, 5) is 28.9. The molecule has 0 unspecified atom stereocenters. The summed E-state index contributed by atoms with van der Waals surface area (Å²) in [7, 11) is 3.41. The van der Waals surface area contributed by atoms with Gasteiger partial charge in [-0.3, -0.25) is 9.59 Å². The highest BCUT2D eigenvalue weighted by Crippen LogP contribution is 2.30. The van der Waals surface area contributed by atoms with Crippen LogP contribution in [-0.4, -0.2) is 54.3 Å². The van der Waals surface area contributed by atoms with Gasteiger partial charge in [0.2, 0.25) is 5.91 Å². The number of halogens is 1. The van der Waals surface area contributed by atoms with Crippen LogP contribution in [0.3, 0.4) is 0 Å². The third-order valence-corrected chi connectivity index (χ3v) is 4.95. The minimum absolute atomic E-state index is 0.0349. The predicted molar refractivity (Wildman–Crippen MR) is 103 cm³/mol. The van der Waals surface area contributed by atoms with E-state index in [1.54, 1.807) is 48.2 Å². The molecule has 142 valence electrons. The van der Waals surface area contributed by atoms with Crippen LogP contribution in [-0.2, 0) is 4.79 Å². The molecule has 0 spiro atoms. The molecule has 0 atom stereocenters. The van der Waals surface area contributed by atoms with Crippen molar-refractivity contribution in [2.75, 3.05) is 32.5 Å². The SMILES string of the molecule is CN(C)C(=O)C1(Nc2cccc(F)c2)CCN(C(=O)c2ccccc2)CC1. The number of carbonyl (C=O) groups excluding carboxylic acids is 2. The molecule has 3 rings (SSSR count). The molecule has 2 aromatic carbocycles. The summed E-state index contributed by atoms with van der Waals surface area (Å²) in [5.41, 5.74) is 0.347. The minimum Gasteiger partial charge on any atom is -0.371 e. The number of piperidine rings is 1. The number of nitrogens with one attached hydrogen (secondary N) is 1. The zero-order valence-corrected chi connectivity index (χ0v) is 15.6. The molecule has 0 aliphatic carbocycles. The average Bonchev–Trinajstić information content (AvgIpc) is 2.68. The Morgan fingerprint density at radius 2 is 1.70 bits per heavy atom. The van der Waals surface area contributed by atoms with Crippen molar-refractivity contribution in [3.05, 3.63) is 66.0 Å². The lowest BCUT2D eigenvalue weighted by molar-refractivity contribution is -0.135. The lowest BCUT2D eigenvalue weighted by atomic mass is 9.85. The van der Waals surface area contributed by atoms with E-state index in [1.165, 1.54) is 12.1 Å². The Morgan fingerprint density at radius 3 is 2.30 bits per heavy atom. The van der Waals surface area contributed by atoms with Gasteiger partial charge in [0.15, 0.2) is 0 Å². The molecular formula is C21H24FN3O2. The van der Waals surface area contributed by atoms with Crippen LogP contribution in [0.15, 0.2) is 54.6 Å². The molecule has 1 aliphatic rings. The Morgan fingerprint density at radius 1 is 1.04 bits per heavy atom. The van der Waals surface area contributed by atoms with Crippen LogP contribution >= 0.6 is 0 Å². The molecular weight excluding hydrogens is 345 g/mol. The fourth-order valence-electron chi connectivity index (χ4n) is 3.52. The highest BCUT2D eigenvalue weighted by Gasteiger charge is 2.43. The summed E-state index contributed by atoms with van der Waals surface area (Å²) in [6, 6.07) is 15.2. The van der Waals surface area contributed by atoms with Crippen molar-refractivity contribution in [3.8, 4) is 0 Å². The number of benzene rings is 2. The van der Waals surface area contributed by atoms with Gasteiger partial charge in [-0.2, -0.15) is 0 Å². The van der Waals surface area contributed by atoms with Gasteiger partial charge in [-0.05, 0) is 43.2 Å². The predicted octanol–water partition coefficient (Wildman–Crippen LogP) is 3.00. The zero-order valence-electron chi connectivity index (χ0n) is 15.6. The van der Waals surface area contributed by atoms with Crippen LogP contribution < -0.4 is 5.32 Å². The molecule has 2 aromatic rings. The Bertz CT molecular complexity index is 815. The number of rotatable bonds is 4. The molecule has 1 fully saturated rings. The van der Waals surface area contributed by atoms with E-state index in [4.69, 9.17) is 0 Å². The van der Waals surface area contributed by atoms with Crippen molar-refractivity contribution in [3.63, 3.8) is 0 Å². The second-order valence-corrected chi connectivity index (χ2v) is 7.08.